The molecule has 29 nitrogen and oxygen atoms in total. The lowest BCUT2D eigenvalue weighted by Gasteiger charge is -2.29. The fourth-order valence-electron chi connectivity index (χ4n) is 7.68. The van der Waals surface area contributed by atoms with Crippen LogP contribution in [0.3, 0.4) is 0 Å². The van der Waals surface area contributed by atoms with Gasteiger partial charge in [-0.2, -0.15) is 0 Å². The fourth-order valence-corrected chi connectivity index (χ4v) is 7.68. The van der Waals surface area contributed by atoms with Gasteiger partial charge in [0.05, 0.1) is 37.7 Å². The number of carboxylic acid groups (broad SMARTS) is 1. The number of carbonyl (C=O) groups excluding carboxylic acids is 9. The number of aliphatic imine (C=N–C) groups is 1. The summed E-state index contributed by atoms with van der Waals surface area (Å²) in [6, 6.07) is -2.58. The van der Waals surface area contributed by atoms with E-state index in [1.165, 1.54) is 19.4 Å². The third kappa shape index (κ3) is 24.2. The minimum Gasteiger partial charge on any atom is -0.480 e. The number of hydrogen-bond acceptors (Lipinski definition) is 16. The second-order valence-corrected chi connectivity index (χ2v) is 19.6. The van der Waals surface area contributed by atoms with Gasteiger partial charge >= 0.3 is 5.97 Å². The van der Waals surface area contributed by atoms with Crippen molar-refractivity contribution in [1.82, 2.24) is 57.4 Å². The molecule has 79 heavy (non-hydrogen) atoms. The van der Waals surface area contributed by atoms with Gasteiger partial charge in [-0.05, 0) is 57.4 Å². The summed E-state index contributed by atoms with van der Waals surface area (Å²) in [5.41, 5.74) is 23.4. The van der Waals surface area contributed by atoms with Crippen LogP contribution in [0, 0.1) is 11.8 Å². The number of nitrogens with two attached hydrogens (primary N) is 4. The first-order chi connectivity index (χ1) is 37.2. The highest BCUT2D eigenvalue weighted by Crippen LogP contribution is 2.12. The number of aliphatic hydroxyl groups excluding tert-OH is 2. The van der Waals surface area contributed by atoms with Gasteiger partial charge in [-0.1, -0.05) is 64.4 Å². The normalized spacial score (nSPS) is 15.3. The number of guanidine groups is 1. The number of nitrogens with one attached hydrogen (secondary N) is 9. The van der Waals surface area contributed by atoms with Crippen molar-refractivity contribution in [2.24, 2.45) is 39.8 Å². The van der Waals surface area contributed by atoms with Gasteiger partial charge in [0.15, 0.2) is 5.96 Å². The number of aliphatic carboxylic acids is 1. The van der Waals surface area contributed by atoms with Gasteiger partial charge in [-0.15, -0.1) is 0 Å². The maximum absolute atomic E-state index is 14.2. The van der Waals surface area contributed by atoms with Crippen LogP contribution in [0.2, 0.25) is 0 Å². The minimum absolute atomic E-state index is 0.0698. The zero-order chi connectivity index (χ0) is 59.5. The summed E-state index contributed by atoms with van der Waals surface area (Å²) in [5, 5.41) is 50.9. The highest BCUT2D eigenvalue weighted by Gasteiger charge is 2.36. The van der Waals surface area contributed by atoms with Crippen molar-refractivity contribution >= 4 is 65.1 Å². The summed E-state index contributed by atoms with van der Waals surface area (Å²) >= 11 is 0. The van der Waals surface area contributed by atoms with Gasteiger partial charge in [0.1, 0.15) is 42.3 Å². The highest BCUT2D eigenvalue weighted by atomic mass is 16.4. The first kappa shape index (κ1) is 67.3. The molecule has 0 spiro atoms. The largest absolute Gasteiger partial charge is 0.480 e. The molecule has 0 saturated heterocycles. The molecule has 0 bridgehead atoms. The number of amides is 9. The minimum atomic E-state index is -1.84. The van der Waals surface area contributed by atoms with E-state index in [0.717, 1.165) is 18.7 Å². The number of carboxylic acids is 1. The maximum atomic E-state index is 14.2. The second kappa shape index (κ2) is 34.2. The number of aromatic amines is 1. The zero-order valence-electron chi connectivity index (χ0n) is 45.8. The van der Waals surface area contributed by atoms with Crippen LogP contribution < -0.4 is 65.5 Å². The molecule has 0 aliphatic heterocycles. The van der Waals surface area contributed by atoms with Crippen LogP contribution in [0.25, 0.3) is 0 Å². The van der Waals surface area contributed by atoms with Gasteiger partial charge in [0.2, 0.25) is 53.2 Å². The summed E-state index contributed by atoms with van der Waals surface area (Å²) in [6.07, 6.45) is 0.132. The SMILES string of the molecule is CCC(C)[C@H](NC(=O)CN(CCN)C(=O)CNC(=O)[C@@H](NC(=O)[C@@H](NC(=O)[C@H](Cc1cnc[nH]1)NC(=O)[C@@H](Cc1ccccc1)NC(=O)[C@H](C)NC(=O)[C@@H](N)CCCN=C(N)N)[C@@H](C)O)[C@@H](C)O)C(=O)N[C@H](CC(C)C)C(=O)O. The molecule has 0 aliphatic carbocycles. The van der Waals surface area contributed by atoms with Crippen LogP contribution in [0.15, 0.2) is 47.8 Å². The van der Waals surface area contributed by atoms with E-state index in [1.807, 2.05) is 0 Å². The Morgan fingerprint density at radius 2 is 1.28 bits per heavy atom. The van der Waals surface area contributed by atoms with Crippen LogP contribution >= 0.6 is 0 Å². The number of hydrogen-bond donors (Lipinski definition) is 16. The molecule has 2 rings (SSSR count). The fraction of sp³-hybridized carbons (Fsp3) is 0.600. The highest BCUT2D eigenvalue weighted by molar-refractivity contribution is 5.98. The lowest BCUT2D eigenvalue weighted by Crippen LogP contribution is -2.62. The number of nitrogens with zero attached hydrogens (tertiary/aromatic N) is 3. The molecule has 440 valence electrons. The van der Waals surface area contributed by atoms with E-state index in [2.05, 4.69) is 57.5 Å². The standard InChI is InChI=1S/C50H82N16O13/c1-8-27(4)39(47(76)62-36(49(78)79)19-26(2)3)63-37(69)24-66(18-16-51)38(70)23-57-46(75)40(29(6)67)65-48(77)41(30(7)68)64-45(74)35(21-32-22-55-25-58-32)61-44(73)34(20-31-13-10-9-11-14-31)60-42(71)28(5)59-43(72)33(52)15-12-17-56-50(53)54/h9-11,13-14,22,25-30,33-36,39-41,67-68H,8,12,15-21,23-24,51-52H2,1-7H3,(H,55,58)(H,57,75)(H,59,72)(H,60,71)(H,61,73)(H,62,76)(H,63,69)(H,64,74)(H,65,77)(H,78,79)(H4,53,54,56)/t27?,28-,29+,30+,33-,34+,35-,36+,39-,40-,41-/m0/s1. The van der Waals surface area contributed by atoms with Crippen molar-refractivity contribution in [3.8, 4) is 0 Å². The van der Waals surface area contributed by atoms with E-state index in [9.17, 15) is 63.3 Å². The number of imidazole rings is 1. The van der Waals surface area contributed by atoms with Crippen LogP contribution in [-0.4, -0.2) is 189 Å². The Labute approximate surface area is 458 Å². The van der Waals surface area contributed by atoms with Crippen LogP contribution in [0.5, 0.6) is 0 Å². The topological polar surface area (TPSA) is 476 Å². The van der Waals surface area contributed by atoms with Crippen molar-refractivity contribution < 1.29 is 63.3 Å². The van der Waals surface area contributed by atoms with E-state index in [4.69, 9.17) is 22.9 Å². The number of H-pyrrole nitrogens is 1. The first-order valence-electron chi connectivity index (χ1n) is 26.0. The van der Waals surface area contributed by atoms with E-state index < -0.39 is 139 Å². The van der Waals surface area contributed by atoms with Gasteiger partial charge in [-0.25, -0.2) is 9.78 Å². The van der Waals surface area contributed by atoms with Gasteiger partial charge in [0.25, 0.3) is 0 Å². The van der Waals surface area contributed by atoms with E-state index in [0.29, 0.717) is 24.1 Å². The molecule has 0 radical (unpaired) electrons. The summed E-state index contributed by atoms with van der Waals surface area (Å²) in [4.78, 5) is 146. The third-order valence-corrected chi connectivity index (χ3v) is 12.3. The Hall–Kier alpha value is -7.76. The summed E-state index contributed by atoms with van der Waals surface area (Å²) in [6.45, 7) is 9.19. The molecular weight excluding hydrogens is 1030 g/mol. The average molecular weight is 1120 g/mol. The van der Waals surface area contributed by atoms with E-state index in [1.54, 1.807) is 58.0 Å². The molecular formula is C50H82N16O13. The molecule has 2 aromatic rings. The van der Waals surface area contributed by atoms with Gasteiger partial charge in [0, 0.05) is 44.4 Å². The number of rotatable bonds is 35. The lowest BCUT2D eigenvalue weighted by atomic mass is 9.97. The Balaban J connectivity index is 2.26. The Bertz CT molecular complexity index is 2350. The summed E-state index contributed by atoms with van der Waals surface area (Å²) in [7, 11) is 0. The smallest absolute Gasteiger partial charge is 0.326 e. The van der Waals surface area contributed by atoms with Crippen molar-refractivity contribution in [1.29, 1.82) is 0 Å². The molecule has 11 atom stereocenters. The number of aliphatic hydroxyl groups is 2. The molecule has 9 amide bonds. The van der Waals surface area contributed by atoms with Crippen molar-refractivity contribution in [3.63, 3.8) is 0 Å². The quantitative estimate of drug-likeness (QED) is 0.0174. The predicted octanol–water partition coefficient (Wildman–Crippen LogP) is -5.17. The van der Waals surface area contributed by atoms with E-state index in [-0.39, 0.29) is 57.2 Å². The average Bonchev–Trinajstić information content (AvgIpc) is 3.91. The maximum Gasteiger partial charge on any atom is 0.326 e. The molecule has 0 saturated carbocycles. The van der Waals surface area contributed by atoms with Gasteiger partial charge < -0.3 is 90.7 Å². The van der Waals surface area contributed by atoms with Crippen LogP contribution in [0.4, 0.5) is 0 Å². The summed E-state index contributed by atoms with van der Waals surface area (Å²) < 4.78 is 0. The Morgan fingerprint density at radius 3 is 1.84 bits per heavy atom. The predicted molar refractivity (Wildman–Crippen MR) is 288 cm³/mol. The molecule has 1 aromatic heterocycles. The molecule has 0 fully saturated rings. The molecule has 29 heteroatoms. The molecule has 1 heterocycles. The Morgan fingerprint density at radius 1 is 0.709 bits per heavy atom. The molecule has 1 aromatic carbocycles. The zero-order valence-corrected chi connectivity index (χ0v) is 45.8. The molecule has 20 N–H and O–H groups in total. The van der Waals surface area contributed by atoms with Gasteiger partial charge in [-0.3, -0.25) is 48.1 Å². The van der Waals surface area contributed by atoms with Crippen LogP contribution in [-0.2, 0) is 60.8 Å². The molecule has 0 aliphatic rings. The number of carbonyl (C=O) groups is 10. The lowest BCUT2D eigenvalue weighted by molar-refractivity contribution is -0.143. The summed E-state index contributed by atoms with van der Waals surface area (Å²) in [5.74, 6) is -9.86. The number of benzene rings is 1. The second-order valence-electron chi connectivity index (χ2n) is 19.6. The number of aromatic nitrogens is 2. The van der Waals surface area contributed by atoms with Crippen LogP contribution in [0.1, 0.15) is 85.4 Å². The van der Waals surface area contributed by atoms with Crippen molar-refractivity contribution in [2.75, 3.05) is 32.7 Å². The third-order valence-electron chi connectivity index (χ3n) is 12.3. The Kier molecular flexibility index (Phi) is 29.1. The van der Waals surface area contributed by atoms with E-state index >= 15 is 0 Å². The molecule has 1 unspecified atom stereocenters. The first-order valence-corrected chi connectivity index (χ1v) is 26.0. The monoisotopic (exact) mass is 1110 g/mol. The van der Waals surface area contributed by atoms with Crippen molar-refractivity contribution in [2.45, 2.75) is 148 Å². The van der Waals surface area contributed by atoms with Crippen molar-refractivity contribution in [3.05, 3.63) is 54.1 Å².